The maximum absolute atomic E-state index is 13.0. The number of aromatic nitrogens is 2. The van der Waals surface area contributed by atoms with Gasteiger partial charge < -0.3 is 13.9 Å². The largest absolute Gasteiger partial charge is 0.462 e. The van der Waals surface area contributed by atoms with Crippen LogP contribution in [-0.2, 0) is 23.5 Å². The number of nitrogens with one attached hydrogen (secondary N) is 1. The van der Waals surface area contributed by atoms with Crippen molar-refractivity contribution >= 4 is 36.0 Å². The number of esters is 1. The second-order valence-electron chi connectivity index (χ2n) is 8.05. The molecule has 11 heteroatoms. The van der Waals surface area contributed by atoms with E-state index in [2.05, 4.69) is 20.9 Å². The van der Waals surface area contributed by atoms with Crippen LogP contribution in [0.15, 0.2) is 21.9 Å². The molecule has 2 rings (SSSR count). The monoisotopic (exact) mass is 476 g/mol. The van der Waals surface area contributed by atoms with Gasteiger partial charge in [-0.25, -0.2) is 4.79 Å². The summed E-state index contributed by atoms with van der Waals surface area (Å²) in [5.41, 5.74) is -1.28. The summed E-state index contributed by atoms with van der Waals surface area (Å²) in [7, 11) is -2.40. The topological polar surface area (TPSA) is 117 Å². The summed E-state index contributed by atoms with van der Waals surface area (Å²) in [5.74, 6) is -0.946. The summed E-state index contributed by atoms with van der Waals surface area (Å²) in [6, 6.07) is 1.16. The van der Waals surface area contributed by atoms with Crippen molar-refractivity contribution in [3.63, 3.8) is 0 Å². The molecule has 156 valence electrons. The predicted molar refractivity (Wildman–Crippen MR) is 107 cm³/mol. The van der Waals surface area contributed by atoms with E-state index in [-0.39, 0.29) is 17.0 Å². The van der Waals surface area contributed by atoms with Crippen LogP contribution in [0.3, 0.4) is 0 Å². The Balaban J connectivity index is 2.38. The second-order valence-corrected chi connectivity index (χ2v) is 13.4. The van der Waals surface area contributed by atoms with Gasteiger partial charge in [0, 0.05) is 12.3 Å². The van der Waals surface area contributed by atoms with Crippen LogP contribution in [0, 0.1) is 0 Å². The smallest absolute Gasteiger partial charge is 0.330 e. The highest BCUT2D eigenvalue weighted by atomic mass is 79.9. The van der Waals surface area contributed by atoms with Crippen molar-refractivity contribution in [2.24, 2.45) is 0 Å². The fraction of sp³-hybridized carbons (Fsp3) is 0.647. The number of rotatable bonds is 6. The first kappa shape index (κ1) is 22.7. The van der Waals surface area contributed by atoms with Crippen LogP contribution in [0.1, 0.15) is 27.0 Å². The highest BCUT2D eigenvalue weighted by Crippen LogP contribution is 2.40. The molecule has 1 aromatic rings. The van der Waals surface area contributed by atoms with Crippen molar-refractivity contribution < 1.29 is 23.5 Å². The number of carbonyl (C=O) groups is 2. The number of hydrogen-bond acceptors (Lipinski definition) is 7. The standard InChI is InChI=1S/C17H25BrN2O7Si/c1-17(2,3)28(4,5)27-14-13(23)10(9-25-12(22)8-18)26-15(14)20-7-6-11(21)19-16(20)24/h6-7,10,14-15H,8-9H2,1-5H3,(H,19,21,24)/t10-,14-,15-/m1/s1. The van der Waals surface area contributed by atoms with Crippen LogP contribution < -0.4 is 11.2 Å². The number of hydrogen-bond donors (Lipinski definition) is 1. The summed E-state index contributed by atoms with van der Waals surface area (Å²) in [5, 5.41) is -0.199. The molecule has 2 heterocycles. The molecule has 1 aliphatic rings. The molecule has 0 saturated carbocycles. The molecule has 28 heavy (non-hydrogen) atoms. The Hall–Kier alpha value is -1.56. The van der Waals surface area contributed by atoms with E-state index in [1.165, 1.54) is 6.20 Å². The quantitative estimate of drug-likeness (QED) is 0.373. The molecule has 0 spiro atoms. The Morgan fingerprint density at radius 2 is 1.96 bits per heavy atom. The van der Waals surface area contributed by atoms with Crippen LogP contribution in [0.25, 0.3) is 0 Å². The van der Waals surface area contributed by atoms with Gasteiger partial charge >= 0.3 is 11.7 Å². The Morgan fingerprint density at radius 1 is 1.32 bits per heavy atom. The zero-order valence-electron chi connectivity index (χ0n) is 16.5. The lowest BCUT2D eigenvalue weighted by Gasteiger charge is -2.38. The molecule has 9 nitrogen and oxygen atoms in total. The summed E-state index contributed by atoms with van der Waals surface area (Å²) >= 11 is 2.98. The van der Waals surface area contributed by atoms with Gasteiger partial charge in [0.25, 0.3) is 5.56 Å². The summed E-state index contributed by atoms with van der Waals surface area (Å²) in [6.07, 6.45) is -1.94. The van der Waals surface area contributed by atoms with Gasteiger partial charge in [-0.05, 0) is 18.1 Å². The third kappa shape index (κ3) is 4.88. The van der Waals surface area contributed by atoms with Gasteiger partial charge in [-0.3, -0.25) is 23.9 Å². The van der Waals surface area contributed by atoms with E-state index in [9.17, 15) is 19.2 Å². The zero-order chi connectivity index (χ0) is 21.3. The number of alkyl halides is 1. The Morgan fingerprint density at radius 3 is 2.50 bits per heavy atom. The van der Waals surface area contributed by atoms with Crippen LogP contribution in [0.5, 0.6) is 0 Å². The first-order valence-corrected chi connectivity index (χ1v) is 12.8. The van der Waals surface area contributed by atoms with E-state index in [4.69, 9.17) is 13.9 Å². The molecule has 0 unspecified atom stereocenters. The second kappa shape index (κ2) is 8.43. The SMILES string of the molecule is CC(C)(C)[Si](C)(C)O[C@@H]1C(=O)[C@@H](COC(=O)CBr)O[C@H]1n1ccc(=O)[nH]c1=O. The molecular weight excluding hydrogens is 452 g/mol. The van der Waals surface area contributed by atoms with Crippen LogP contribution in [0.2, 0.25) is 18.1 Å². The van der Waals surface area contributed by atoms with Gasteiger partial charge in [0.2, 0.25) is 0 Å². The van der Waals surface area contributed by atoms with Crippen LogP contribution in [0.4, 0.5) is 0 Å². The van der Waals surface area contributed by atoms with Crippen LogP contribution >= 0.6 is 15.9 Å². The fourth-order valence-corrected chi connectivity index (χ4v) is 3.79. The molecule has 0 aliphatic carbocycles. The van der Waals surface area contributed by atoms with E-state index >= 15 is 0 Å². The van der Waals surface area contributed by atoms with E-state index in [1.807, 2.05) is 33.9 Å². The number of ketones is 1. The molecule has 0 aromatic carbocycles. The molecule has 3 atom stereocenters. The van der Waals surface area contributed by atoms with Crippen molar-refractivity contribution in [2.75, 3.05) is 11.9 Å². The molecule has 0 amide bonds. The number of nitrogens with zero attached hydrogens (tertiary/aromatic N) is 1. The summed E-state index contributed by atoms with van der Waals surface area (Å²) in [4.78, 5) is 50.1. The molecule has 1 N–H and O–H groups in total. The van der Waals surface area contributed by atoms with Crippen molar-refractivity contribution in [1.82, 2.24) is 9.55 Å². The number of aromatic amines is 1. The van der Waals surface area contributed by atoms with E-state index in [0.717, 1.165) is 10.6 Å². The van der Waals surface area contributed by atoms with Gasteiger partial charge in [-0.2, -0.15) is 0 Å². The number of carbonyl (C=O) groups excluding carboxylic acids is 2. The Labute approximate surface area is 171 Å². The molecule has 1 aliphatic heterocycles. The molecule has 1 saturated heterocycles. The van der Waals surface area contributed by atoms with Gasteiger partial charge in [-0.15, -0.1) is 0 Å². The fourth-order valence-electron chi connectivity index (χ4n) is 2.41. The lowest BCUT2D eigenvalue weighted by atomic mass is 10.2. The average molecular weight is 477 g/mol. The van der Waals surface area contributed by atoms with Crippen molar-refractivity contribution in [3.05, 3.63) is 33.1 Å². The minimum Gasteiger partial charge on any atom is -0.462 e. The first-order valence-electron chi connectivity index (χ1n) is 8.77. The van der Waals surface area contributed by atoms with Crippen molar-refractivity contribution in [1.29, 1.82) is 0 Å². The van der Waals surface area contributed by atoms with E-state index in [1.54, 1.807) is 0 Å². The van der Waals surface area contributed by atoms with E-state index in [0.29, 0.717) is 0 Å². The zero-order valence-corrected chi connectivity index (χ0v) is 19.1. The van der Waals surface area contributed by atoms with E-state index < -0.39 is 49.8 Å². The maximum atomic E-state index is 13.0. The van der Waals surface area contributed by atoms with Crippen molar-refractivity contribution in [3.8, 4) is 0 Å². The molecule has 1 aromatic heterocycles. The number of H-pyrrole nitrogens is 1. The normalized spacial score (nSPS) is 23.1. The summed E-state index contributed by atoms with van der Waals surface area (Å²) < 4.78 is 18.1. The minimum atomic E-state index is -2.40. The first-order chi connectivity index (χ1) is 12.9. The maximum Gasteiger partial charge on any atom is 0.330 e. The average Bonchev–Trinajstić information content (AvgIpc) is 2.87. The molecule has 0 bridgehead atoms. The lowest BCUT2D eigenvalue weighted by Crippen LogP contribution is -2.48. The Kier molecular flexibility index (Phi) is 6.85. The predicted octanol–water partition coefficient (Wildman–Crippen LogP) is 1.33. The van der Waals surface area contributed by atoms with Gasteiger partial charge in [0.1, 0.15) is 11.9 Å². The molecular formula is C17H25BrN2O7Si. The third-order valence-corrected chi connectivity index (χ3v) is 9.93. The lowest BCUT2D eigenvalue weighted by molar-refractivity contribution is -0.146. The van der Waals surface area contributed by atoms with Crippen molar-refractivity contribution in [2.45, 2.75) is 57.3 Å². The molecule has 1 fully saturated rings. The highest BCUT2D eigenvalue weighted by molar-refractivity contribution is 9.09. The van der Waals surface area contributed by atoms with Gasteiger partial charge in [0.15, 0.2) is 32.5 Å². The van der Waals surface area contributed by atoms with Gasteiger partial charge in [0.05, 0.1) is 0 Å². The third-order valence-electron chi connectivity index (χ3n) is 5.02. The minimum absolute atomic E-state index is 0.0133. The summed E-state index contributed by atoms with van der Waals surface area (Å²) in [6.45, 7) is 9.74. The highest BCUT2D eigenvalue weighted by Gasteiger charge is 2.50. The van der Waals surface area contributed by atoms with Gasteiger partial charge in [-0.1, -0.05) is 36.7 Å². The molecule has 0 radical (unpaired) electrons. The number of halogens is 1. The Bertz CT molecular complexity index is 858. The number of Topliss-reactive ketones (excluding diaryl/α,β-unsaturated/α-hetero) is 1. The number of ether oxygens (including phenoxy) is 2. The van der Waals surface area contributed by atoms with Crippen LogP contribution in [-0.4, -0.2) is 53.8 Å².